The zero-order valence-electron chi connectivity index (χ0n) is 17.3. The van der Waals surface area contributed by atoms with E-state index in [0.29, 0.717) is 18.5 Å². The van der Waals surface area contributed by atoms with Crippen molar-refractivity contribution in [3.63, 3.8) is 0 Å². The van der Waals surface area contributed by atoms with E-state index in [-0.39, 0.29) is 24.6 Å². The second kappa shape index (κ2) is 7.58. The molecular formula is C26H23NO4. The summed E-state index contributed by atoms with van der Waals surface area (Å²) in [5, 5.41) is 9.59. The SMILES string of the molecule is Cc1cc2c(c(C(=O)O)c1)CN(C(=O)OCC1c3ccccc3-c3ccccc31)CC2. The van der Waals surface area contributed by atoms with E-state index in [1.165, 1.54) is 22.3 Å². The van der Waals surface area contributed by atoms with Crippen LogP contribution in [0.1, 0.15) is 44.1 Å². The van der Waals surface area contributed by atoms with Gasteiger partial charge < -0.3 is 14.7 Å². The maximum Gasteiger partial charge on any atom is 0.410 e. The molecule has 0 radical (unpaired) electrons. The fraction of sp³-hybridized carbons (Fsp3) is 0.231. The van der Waals surface area contributed by atoms with Gasteiger partial charge in [0.05, 0.1) is 12.1 Å². The van der Waals surface area contributed by atoms with Gasteiger partial charge >= 0.3 is 12.1 Å². The summed E-state index contributed by atoms with van der Waals surface area (Å²) in [7, 11) is 0. The first-order valence-corrected chi connectivity index (χ1v) is 10.5. The van der Waals surface area contributed by atoms with Gasteiger partial charge in [0.15, 0.2) is 0 Å². The van der Waals surface area contributed by atoms with E-state index in [1.807, 2.05) is 37.3 Å². The zero-order chi connectivity index (χ0) is 21.5. The number of nitrogens with zero attached hydrogens (tertiary/aromatic N) is 1. The highest BCUT2D eigenvalue weighted by atomic mass is 16.6. The third kappa shape index (κ3) is 3.36. The molecule has 0 atom stereocenters. The number of amides is 1. The molecule has 156 valence electrons. The molecule has 5 rings (SSSR count). The molecule has 1 aliphatic heterocycles. The second-order valence-electron chi connectivity index (χ2n) is 8.23. The summed E-state index contributed by atoms with van der Waals surface area (Å²) in [6, 6.07) is 20.1. The minimum absolute atomic E-state index is 0.00524. The van der Waals surface area contributed by atoms with Crippen molar-refractivity contribution >= 4 is 12.1 Å². The van der Waals surface area contributed by atoms with Crippen molar-refractivity contribution in [3.05, 3.63) is 94.0 Å². The van der Waals surface area contributed by atoms with E-state index < -0.39 is 12.1 Å². The number of carboxylic acids is 1. The monoisotopic (exact) mass is 413 g/mol. The van der Waals surface area contributed by atoms with Gasteiger partial charge in [-0.1, -0.05) is 54.6 Å². The van der Waals surface area contributed by atoms with Crippen molar-refractivity contribution in [1.82, 2.24) is 4.90 Å². The first-order valence-electron chi connectivity index (χ1n) is 10.5. The summed E-state index contributed by atoms with van der Waals surface area (Å²) < 4.78 is 5.76. The molecule has 31 heavy (non-hydrogen) atoms. The molecule has 3 aromatic carbocycles. The molecule has 0 bridgehead atoms. The Hall–Kier alpha value is -3.60. The molecule has 0 aromatic heterocycles. The Morgan fingerprint density at radius 2 is 1.68 bits per heavy atom. The van der Waals surface area contributed by atoms with Gasteiger partial charge in [0, 0.05) is 12.5 Å². The summed E-state index contributed by atoms with van der Waals surface area (Å²) in [6.07, 6.45) is 0.228. The molecule has 0 fully saturated rings. The summed E-state index contributed by atoms with van der Waals surface area (Å²) >= 11 is 0. The minimum atomic E-state index is -0.964. The molecular weight excluding hydrogens is 390 g/mol. The van der Waals surface area contributed by atoms with Gasteiger partial charge in [-0.2, -0.15) is 0 Å². The van der Waals surface area contributed by atoms with Gasteiger partial charge in [0.1, 0.15) is 6.61 Å². The number of hydrogen-bond acceptors (Lipinski definition) is 3. The Morgan fingerprint density at radius 1 is 1.03 bits per heavy atom. The molecule has 2 aliphatic rings. The molecule has 5 nitrogen and oxygen atoms in total. The van der Waals surface area contributed by atoms with Crippen LogP contribution in [-0.2, 0) is 17.7 Å². The highest BCUT2D eigenvalue weighted by Crippen LogP contribution is 2.44. The Kier molecular flexibility index (Phi) is 4.74. The van der Waals surface area contributed by atoms with Crippen molar-refractivity contribution in [2.75, 3.05) is 13.2 Å². The highest BCUT2D eigenvalue weighted by molar-refractivity contribution is 5.90. The lowest BCUT2D eigenvalue weighted by Crippen LogP contribution is -2.37. The summed E-state index contributed by atoms with van der Waals surface area (Å²) in [5.74, 6) is -0.958. The van der Waals surface area contributed by atoms with Gasteiger partial charge in [-0.3, -0.25) is 0 Å². The second-order valence-corrected chi connectivity index (χ2v) is 8.23. The van der Waals surface area contributed by atoms with Crippen LogP contribution in [0.4, 0.5) is 4.79 Å². The van der Waals surface area contributed by atoms with Crippen molar-refractivity contribution in [1.29, 1.82) is 0 Å². The number of aryl methyl sites for hydroxylation is 1. The third-order valence-corrected chi connectivity index (χ3v) is 6.31. The Bertz CT molecular complexity index is 1150. The molecule has 1 N–H and O–H groups in total. The van der Waals surface area contributed by atoms with Crippen molar-refractivity contribution < 1.29 is 19.4 Å². The standard InChI is InChI=1S/C26H23NO4/c1-16-12-17-10-11-27(14-23(17)22(13-16)25(28)29)26(30)31-15-24-20-8-4-2-6-18(20)19-7-3-5-9-21(19)24/h2-9,12-13,24H,10-11,14-15H2,1H3,(H,28,29). The lowest BCUT2D eigenvalue weighted by molar-refractivity contribution is 0.0688. The average Bonchev–Trinajstić information content (AvgIpc) is 3.10. The van der Waals surface area contributed by atoms with E-state index in [0.717, 1.165) is 11.1 Å². The Morgan fingerprint density at radius 3 is 2.32 bits per heavy atom. The van der Waals surface area contributed by atoms with E-state index in [2.05, 4.69) is 24.3 Å². The molecule has 3 aromatic rings. The van der Waals surface area contributed by atoms with Crippen LogP contribution in [0, 0.1) is 6.92 Å². The fourth-order valence-corrected chi connectivity index (χ4v) is 4.86. The van der Waals surface area contributed by atoms with Crippen LogP contribution in [0.25, 0.3) is 11.1 Å². The van der Waals surface area contributed by atoms with E-state index >= 15 is 0 Å². The lowest BCUT2D eigenvalue weighted by atomic mass is 9.93. The average molecular weight is 413 g/mol. The van der Waals surface area contributed by atoms with Gasteiger partial charge in [-0.05, 0) is 58.4 Å². The van der Waals surface area contributed by atoms with Crippen LogP contribution in [-0.4, -0.2) is 35.2 Å². The van der Waals surface area contributed by atoms with Gasteiger partial charge in [0.25, 0.3) is 0 Å². The number of aromatic carboxylic acids is 1. The van der Waals surface area contributed by atoms with Crippen LogP contribution >= 0.6 is 0 Å². The fourth-order valence-electron chi connectivity index (χ4n) is 4.86. The number of carbonyl (C=O) groups excluding carboxylic acids is 1. The molecule has 1 heterocycles. The number of carboxylic acid groups (broad SMARTS) is 1. The van der Waals surface area contributed by atoms with Crippen LogP contribution in [0.15, 0.2) is 60.7 Å². The van der Waals surface area contributed by atoms with Crippen LogP contribution in [0.2, 0.25) is 0 Å². The Labute approximate surface area is 180 Å². The van der Waals surface area contributed by atoms with E-state index in [9.17, 15) is 14.7 Å². The maximum atomic E-state index is 12.9. The number of rotatable bonds is 3. The van der Waals surface area contributed by atoms with Crippen molar-refractivity contribution in [3.8, 4) is 11.1 Å². The Balaban J connectivity index is 1.34. The number of ether oxygens (including phenoxy) is 1. The maximum absolute atomic E-state index is 12.9. The van der Waals surface area contributed by atoms with Gasteiger partial charge in [0.2, 0.25) is 0 Å². The van der Waals surface area contributed by atoms with Crippen molar-refractivity contribution in [2.24, 2.45) is 0 Å². The summed E-state index contributed by atoms with van der Waals surface area (Å²) in [4.78, 5) is 26.2. The molecule has 1 aliphatic carbocycles. The van der Waals surface area contributed by atoms with Crippen LogP contribution in [0.5, 0.6) is 0 Å². The molecule has 5 heteroatoms. The predicted octanol–water partition coefficient (Wildman–Crippen LogP) is 5.00. The molecule has 0 spiro atoms. The first kappa shape index (κ1) is 19.4. The summed E-state index contributed by atoms with van der Waals surface area (Å²) in [6.45, 7) is 2.93. The normalized spacial score (nSPS) is 14.5. The quantitative estimate of drug-likeness (QED) is 0.656. The van der Waals surface area contributed by atoms with E-state index in [1.54, 1.807) is 11.0 Å². The zero-order valence-corrected chi connectivity index (χ0v) is 17.3. The molecule has 0 saturated heterocycles. The molecule has 1 amide bonds. The smallest absolute Gasteiger partial charge is 0.410 e. The number of carbonyl (C=O) groups is 2. The molecule has 0 saturated carbocycles. The largest absolute Gasteiger partial charge is 0.478 e. The lowest BCUT2D eigenvalue weighted by Gasteiger charge is -2.30. The predicted molar refractivity (Wildman–Crippen MR) is 117 cm³/mol. The minimum Gasteiger partial charge on any atom is -0.478 e. The van der Waals surface area contributed by atoms with Gasteiger partial charge in [-0.15, -0.1) is 0 Å². The van der Waals surface area contributed by atoms with Gasteiger partial charge in [-0.25, -0.2) is 9.59 Å². The van der Waals surface area contributed by atoms with Crippen molar-refractivity contribution in [2.45, 2.75) is 25.8 Å². The third-order valence-electron chi connectivity index (χ3n) is 6.31. The topological polar surface area (TPSA) is 66.8 Å². The number of hydrogen-bond donors (Lipinski definition) is 1. The van der Waals surface area contributed by atoms with E-state index in [4.69, 9.17) is 4.74 Å². The number of fused-ring (bicyclic) bond motifs is 4. The molecule has 0 unspecified atom stereocenters. The summed E-state index contributed by atoms with van der Waals surface area (Å²) in [5.41, 5.74) is 7.61. The highest BCUT2D eigenvalue weighted by Gasteiger charge is 2.31. The van der Waals surface area contributed by atoms with Crippen LogP contribution in [0.3, 0.4) is 0 Å². The van der Waals surface area contributed by atoms with Crippen LogP contribution < -0.4 is 0 Å². The number of benzene rings is 3. The first-order chi connectivity index (χ1) is 15.0.